The molecule has 1 atom stereocenters. The van der Waals surface area contributed by atoms with Gasteiger partial charge in [-0.1, -0.05) is 50.1 Å². The molecule has 1 aromatic rings. The van der Waals surface area contributed by atoms with Crippen LogP contribution in [0.5, 0.6) is 0 Å². The van der Waals surface area contributed by atoms with Crippen LogP contribution in [0.25, 0.3) is 0 Å². The molecule has 0 fully saturated rings. The molecule has 0 heterocycles. The number of benzene rings is 1. The van der Waals surface area contributed by atoms with E-state index in [2.05, 4.69) is 6.92 Å². The van der Waals surface area contributed by atoms with Gasteiger partial charge in [-0.3, -0.25) is 0 Å². The van der Waals surface area contributed by atoms with Gasteiger partial charge in [0.05, 0.1) is 11.0 Å². The second kappa shape index (κ2) is 6.04. The predicted octanol–water partition coefficient (Wildman–Crippen LogP) is 3.18. The van der Waals surface area contributed by atoms with Crippen molar-refractivity contribution in [1.82, 2.24) is 0 Å². The maximum absolute atomic E-state index is 12.0. The van der Waals surface area contributed by atoms with E-state index in [0.29, 0.717) is 0 Å². The first-order valence-electron chi connectivity index (χ1n) is 5.81. The van der Waals surface area contributed by atoms with E-state index in [9.17, 15) is 8.42 Å². The Morgan fingerprint density at radius 3 is 2.38 bits per heavy atom. The van der Waals surface area contributed by atoms with Crippen LogP contribution in [0.2, 0.25) is 0 Å². The topological polar surface area (TPSA) is 34.1 Å². The highest BCUT2D eigenvalue weighted by Gasteiger charge is 2.20. The molecule has 0 saturated carbocycles. The molecule has 16 heavy (non-hydrogen) atoms. The first-order valence-corrected chi connectivity index (χ1v) is 7.53. The highest BCUT2D eigenvalue weighted by atomic mass is 32.2. The fourth-order valence-electron chi connectivity index (χ4n) is 1.62. The van der Waals surface area contributed by atoms with Crippen LogP contribution in [0.1, 0.15) is 38.7 Å². The van der Waals surface area contributed by atoms with E-state index in [0.717, 1.165) is 24.8 Å². The molecule has 1 unspecified atom stereocenters. The molecule has 3 heteroatoms. The lowest BCUT2D eigenvalue weighted by molar-refractivity contribution is 0.570. The van der Waals surface area contributed by atoms with Crippen molar-refractivity contribution < 1.29 is 8.42 Å². The monoisotopic (exact) mass is 240 g/mol. The fraction of sp³-hybridized carbons (Fsp3) is 0.538. The highest BCUT2D eigenvalue weighted by Crippen LogP contribution is 2.15. The first-order chi connectivity index (χ1) is 7.56. The SMILES string of the molecule is CCCCC(C)S(=O)(=O)Cc1ccccc1. The Kier molecular flexibility index (Phi) is 5.00. The van der Waals surface area contributed by atoms with Gasteiger partial charge in [-0.15, -0.1) is 0 Å². The Labute approximate surface area is 98.6 Å². The summed E-state index contributed by atoms with van der Waals surface area (Å²) in [5.41, 5.74) is 0.880. The zero-order valence-electron chi connectivity index (χ0n) is 10.0. The largest absolute Gasteiger partial charge is 0.228 e. The number of sulfone groups is 1. The van der Waals surface area contributed by atoms with Crippen LogP contribution in [0.15, 0.2) is 30.3 Å². The number of rotatable bonds is 6. The smallest absolute Gasteiger partial charge is 0.157 e. The lowest BCUT2D eigenvalue weighted by atomic mass is 10.2. The molecule has 0 aromatic heterocycles. The number of unbranched alkanes of at least 4 members (excludes halogenated alkanes) is 1. The van der Waals surface area contributed by atoms with E-state index in [4.69, 9.17) is 0 Å². The maximum atomic E-state index is 12.0. The van der Waals surface area contributed by atoms with Crippen LogP contribution >= 0.6 is 0 Å². The van der Waals surface area contributed by atoms with Gasteiger partial charge in [-0.05, 0) is 18.9 Å². The summed E-state index contributed by atoms with van der Waals surface area (Å²) < 4.78 is 24.0. The zero-order valence-corrected chi connectivity index (χ0v) is 10.8. The van der Waals surface area contributed by atoms with Crippen LogP contribution < -0.4 is 0 Å². The van der Waals surface area contributed by atoms with Crippen molar-refractivity contribution in [2.75, 3.05) is 0 Å². The molecule has 0 saturated heterocycles. The molecule has 1 aromatic carbocycles. The normalized spacial score (nSPS) is 13.6. The quantitative estimate of drug-likeness (QED) is 0.765. The molecule has 90 valence electrons. The van der Waals surface area contributed by atoms with Crippen LogP contribution in [0.3, 0.4) is 0 Å². The van der Waals surface area contributed by atoms with Gasteiger partial charge in [-0.25, -0.2) is 8.42 Å². The summed E-state index contributed by atoms with van der Waals surface area (Å²) >= 11 is 0. The van der Waals surface area contributed by atoms with Gasteiger partial charge >= 0.3 is 0 Å². The third kappa shape index (κ3) is 3.97. The second-order valence-corrected chi connectivity index (χ2v) is 6.66. The molecule has 0 radical (unpaired) electrons. The van der Waals surface area contributed by atoms with E-state index in [1.54, 1.807) is 0 Å². The molecule has 2 nitrogen and oxygen atoms in total. The van der Waals surface area contributed by atoms with Gasteiger partial charge in [0.25, 0.3) is 0 Å². The summed E-state index contributed by atoms with van der Waals surface area (Å²) in [6, 6.07) is 9.38. The minimum absolute atomic E-state index is 0.165. The molecule has 0 aliphatic carbocycles. The summed E-state index contributed by atoms with van der Waals surface area (Å²) in [4.78, 5) is 0. The van der Waals surface area contributed by atoms with Gasteiger partial charge in [0.1, 0.15) is 0 Å². The van der Waals surface area contributed by atoms with Crippen molar-refractivity contribution in [2.24, 2.45) is 0 Å². The van der Waals surface area contributed by atoms with E-state index in [-0.39, 0.29) is 11.0 Å². The van der Waals surface area contributed by atoms with Gasteiger partial charge in [0, 0.05) is 0 Å². The molecule has 0 aliphatic heterocycles. The van der Waals surface area contributed by atoms with E-state index < -0.39 is 9.84 Å². The lowest BCUT2D eigenvalue weighted by Gasteiger charge is -2.12. The van der Waals surface area contributed by atoms with Crippen LogP contribution in [-0.4, -0.2) is 13.7 Å². The maximum Gasteiger partial charge on any atom is 0.157 e. The third-order valence-electron chi connectivity index (χ3n) is 2.79. The number of hydrogen-bond donors (Lipinski definition) is 0. The molecule has 0 N–H and O–H groups in total. The van der Waals surface area contributed by atoms with Gasteiger partial charge < -0.3 is 0 Å². The molecule has 0 bridgehead atoms. The molecule has 0 aliphatic rings. The first kappa shape index (κ1) is 13.2. The highest BCUT2D eigenvalue weighted by molar-refractivity contribution is 7.91. The summed E-state index contributed by atoms with van der Waals surface area (Å²) in [5, 5.41) is -0.229. The molecular weight excluding hydrogens is 220 g/mol. The van der Waals surface area contributed by atoms with Crippen LogP contribution in [0, 0.1) is 0 Å². The number of hydrogen-bond acceptors (Lipinski definition) is 2. The Balaban J connectivity index is 2.65. The Bertz CT molecular complexity index is 395. The van der Waals surface area contributed by atoms with Crippen molar-refractivity contribution in [3.63, 3.8) is 0 Å². The summed E-state index contributed by atoms with van der Waals surface area (Å²) in [6.45, 7) is 3.89. The summed E-state index contributed by atoms with van der Waals surface area (Å²) in [6.07, 6.45) is 2.80. The minimum atomic E-state index is -2.99. The average Bonchev–Trinajstić information content (AvgIpc) is 2.26. The van der Waals surface area contributed by atoms with Crippen molar-refractivity contribution in [2.45, 2.75) is 44.1 Å². The lowest BCUT2D eigenvalue weighted by Crippen LogP contribution is -2.19. The molecule has 0 amide bonds. The molecular formula is C13H20O2S. The summed E-state index contributed by atoms with van der Waals surface area (Å²) in [5.74, 6) is 0.165. The van der Waals surface area contributed by atoms with Gasteiger partial charge in [-0.2, -0.15) is 0 Å². The van der Waals surface area contributed by atoms with E-state index in [1.165, 1.54) is 0 Å². The van der Waals surface area contributed by atoms with Gasteiger partial charge in [0.15, 0.2) is 9.84 Å². The molecule has 1 rings (SSSR count). The molecule has 0 spiro atoms. The minimum Gasteiger partial charge on any atom is -0.228 e. The predicted molar refractivity (Wildman–Crippen MR) is 68.1 cm³/mol. The fourth-order valence-corrected chi connectivity index (χ4v) is 3.09. The Morgan fingerprint density at radius 2 is 1.81 bits per heavy atom. The second-order valence-electron chi connectivity index (χ2n) is 4.25. The summed E-state index contributed by atoms with van der Waals surface area (Å²) in [7, 11) is -2.99. The third-order valence-corrected chi connectivity index (χ3v) is 4.99. The van der Waals surface area contributed by atoms with Crippen LogP contribution in [-0.2, 0) is 15.6 Å². The van der Waals surface area contributed by atoms with Crippen molar-refractivity contribution in [3.05, 3.63) is 35.9 Å². The Hall–Kier alpha value is -0.830. The van der Waals surface area contributed by atoms with Crippen LogP contribution in [0.4, 0.5) is 0 Å². The van der Waals surface area contributed by atoms with Gasteiger partial charge in [0.2, 0.25) is 0 Å². The van der Waals surface area contributed by atoms with E-state index >= 15 is 0 Å². The average molecular weight is 240 g/mol. The zero-order chi connectivity index (χ0) is 12.0. The van der Waals surface area contributed by atoms with Crippen molar-refractivity contribution >= 4 is 9.84 Å². The Morgan fingerprint density at radius 1 is 1.19 bits per heavy atom. The van der Waals surface area contributed by atoms with E-state index in [1.807, 2.05) is 37.3 Å². The van der Waals surface area contributed by atoms with Crippen molar-refractivity contribution in [3.8, 4) is 0 Å². The van der Waals surface area contributed by atoms with Crippen molar-refractivity contribution in [1.29, 1.82) is 0 Å². The standard InChI is InChI=1S/C13H20O2S/c1-3-4-8-12(2)16(14,15)11-13-9-6-5-7-10-13/h5-7,9-10,12H,3-4,8,11H2,1-2H3.